The van der Waals surface area contributed by atoms with Crippen LogP contribution in [0.1, 0.15) is 48.8 Å². The minimum Gasteiger partial charge on any atom is -0.396 e. The fraction of sp³-hybridized carbons (Fsp3) is 0.769. The van der Waals surface area contributed by atoms with Crippen molar-refractivity contribution in [1.29, 1.82) is 0 Å². The van der Waals surface area contributed by atoms with Crippen LogP contribution in [0.2, 0.25) is 0 Å². The van der Waals surface area contributed by atoms with Crippen molar-refractivity contribution in [2.75, 3.05) is 25.0 Å². The van der Waals surface area contributed by atoms with Gasteiger partial charge in [-0.15, -0.1) is 10.2 Å². The van der Waals surface area contributed by atoms with E-state index in [1.54, 1.807) is 0 Å². The van der Waals surface area contributed by atoms with Crippen LogP contribution >= 0.6 is 11.3 Å². The molecule has 6 nitrogen and oxygen atoms in total. The zero-order valence-corrected chi connectivity index (χ0v) is 12.7. The van der Waals surface area contributed by atoms with Gasteiger partial charge in [0.2, 0.25) is 10.1 Å². The van der Waals surface area contributed by atoms with E-state index in [9.17, 15) is 4.79 Å². The van der Waals surface area contributed by atoms with Gasteiger partial charge in [0, 0.05) is 25.7 Å². The summed E-state index contributed by atoms with van der Waals surface area (Å²) in [6.45, 7) is 3.89. The highest BCUT2D eigenvalue weighted by Crippen LogP contribution is 2.25. The van der Waals surface area contributed by atoms with E-state index in [0.717, 1.165) is 45.2 Å². The minimum atomic E-state index is -0.0208. The number of carbonyl (C=O) groups is 1. The van der Waals surface area contributed by atoms with Crippen LogP contribution in [0.25, 0.3) is 0 Å². The van der Waals surface area contributed by atoms with Crippen molar-refractivity contribution in [2.45, 2.75) is 45.1 Å². The van der Waals surface area contributed by atoms with Gasteiger partial charge in [0.1, 0.15) is 0 Å². The van der Waals surface area contributed by atoms with Crippen LogP contribution in [-0.4, -0.2) is 51.8 Å². The molecule has 0 saturated carbocycles. The molecule has 0 aromatic carbocycles. The summed E-state index contributed by atoms with van der Waals surface area (Å²) in [5, 5.41) is 21.2. The number of carbonyl (C=O) groups excluding carboxylic acids is 1. The second kappa shape index (κ2) is 7.54. The molecule has 1 atom stereocenters. The number of likely N-dealkylation sites (tertiary alicyclic amines) is 1. The molecule has 2 rings (SSSR count). The van der Waals surface area contributed by atoms with E-state index in [-0.39, 0.29) is 18.6 Å². The topological polar surface area (TPSA) is 78.4 Å². The predicted molar refractivity (Wildman–Crippen MR) is 79.1 cm³/mol. The third-order valence-corrected chi connectivity index (χ3v) is 4.34. The molecule has 112 valence electrons. The number of aromatic nitrogens is 2. The van der Waals surface area contributed by atoms with E-state index < -0.39 is 0 Å². The van der Waals surface area contributed by atoms with Gasteiger partial charge in [0.25, 0.3) is 5.91 Å². The first-order valence-electron chi connectivity index (χ1n) is 7.25. The SMILES string of the molecule is CCCNc1nnc(C(=O)N2CCCC2CCCO)s1. The van der Waals surface area contributed by atoms with E-state index in [1.165, 1.54) is 11.3 Å². The Hall–Kier alpha value is -1.21. The number of hydrogen-bond acceptors (Lipinski definition) is 6. The van der Waals surface area contributed by atoms with E-state index in [0.29, 0.717) is 10.1 Å². The van der Waals surface area contributed by atoms with Crippen LogP contribution < -0.4 is 5.32 Å². The third-order valence-electron chi connectivity index (χ3n) is 3.47. The number of aliphatic hydroxyl groups is 1. The molecule has 1 amide bonds. The maximum atomic E-state index is 12.5. The average Bonchev–Trinajstić information content (AvgIpc) is 3.11. The summed E-state index contributed by atoms with van der Waals surface area (Å²) in [6.07, 6.45) is 4.67. The van der Waals surface area contributed by atoms with Gasteiger partial charge in [-0.05, 0) is 32.1 Å². The number of hydrogen-bond donors (Lipinski definition) is 2. The number of nitrogens with zero attached hydrogens (tertiary/aromatic N) is 3. The van der Waals surface area contributed by atoms with Crippen LogP contribution in [0.3, 0.4) is 0 Å². The van der Waals surface area contributed by atoms with Gasteiger partial charge in [0.15, 0.2) is 0 Å². The van der Waals surface area contributed by atoms with Crippen LogP contribution in [0, 0.1) is 0 Å². The summed E-state index contributed by atoms with van der Waals surface area (Å²) >= 11 is 1.32. The Morgan fingerprint density at radius 3 is 3.15 bits per heavy atom. The van der Waals surface area contributed by atoms with Gasteiger partial charge in [-0.25, -0.2) is 0 Å². The molecular formula is C13H22N4O2S. The predicted octanol–water partition coefficient (Wildman–Crippen LogP) is 1.74. The van der Waals surface area contributed by atoms with Crippen molar-refractivity contribution < 1.29 is 9.90 Å². The Labute approximate surface area is 123 Å². The third kappa shape index (κ3) is 3.67. The molecular weight excluding hydrogens is 276 g/mol. The lowest BCUT2D eigenvalue weighted by molar-refractivity contribution is 0.0723. The summed E-state index contributed by atoms with van der Waals surface area (Å²) in [5.74, 6) is -0.0208. The Balaban J connectivity index is 1.97. The van der Waals surface area contributed by atoms with E-state index in [2.05, 4.69) is 22.4 Å². The summed E-state index contributed by atoms with van der Waals surface area (Å²) in [6, 6.07) is 0.241. The standard InChI is InChI=1S/C13H22N4O2S/c1-2-7-14-13-16-15-11(20-13)12(19)17-8-3-5-10(17)6-4-9-18/h10,18H,2-9H2,1H3,(H,14,16). The van der Waals surface area contributed by atoms with Crippen molar-refractivity contribution in [3.05, 3.63) is 5.01 Å². The van der Waals surface area contributed by atoms with E-state index >= 15 is 0 Å². The summed E-state index contributed by atoms with van der Waals surface area (Å²) in [5.41, 5.74) is 0. The second-order valence-electron chi connectivity index (χ2n) is 5.00. The molecule has 1 aliphatic heterocycles. The smallest absolute Gasteiger partial charge is 0.285 e. The fourth-order valence-electron chi connectivity index (χ4n) is 2.47. The molecule has 1 aliphatic rings. The minimum absolute atomic E-state index is 0.0208. The monoisotopic (exact) mass is 298 g/mol. The highest BCUT2D eigenvalue weighted by atomic mass is 32.1. The molecule has 0 radical (unpaired) electrons. The maximum Gasteiger partial charge on any atom is 0.285 e. The van der Waals surface area contributed by atoms with Gasteiger partial charge in [0.05, 0.1) is 0 Å². The van der Waals surface area contributed by atoms with Crippen molar-refractivity contribution in [1.82, 2.24) is 15.1 Å². The molecule has 1 aromatic heterocycles. The Morgan fingerprint density at radius 1 is 1.55 bits per heavy atom. The quantitative estimate of drug-likeness (QED) is 0.801. The van der Waals surface area contributed by atoms with Crippen molar-refractivity contribution in [2.24, 2.45) is 0 Å². The molecule has 2 heterocycles. The molecule has 20 heavy (non-hydrogen) atoms. The lowest BCUT2D eigenvalue weighted by atomic mass is 10.1. The first kappa shape index (κ1) is 15.2. The molecule has 1 fully saturated rings. The number of anilines is 1. The molecule has 0 bridgehead atoms. The summed E-state index contributed by atoms with van der Waals surface area (Å²) < 4.78 is 0. The van der Waals surface area contributed by atoms with Crippen LogP contribution in [-0.2, 0) is 0 Å². The molecule has 1 aromatic rings. The van der Waals surface area contributed by atoms with Gasteiger partial charge < -0.3 is 15.3 Å². The summed E-state index contributed by atoms with van der Waals surface area (Å²) in [7, 11) is 0. The molecule has 0 spiro atoms. The lowest BCUT2D eigenvalue weighted by Gasteiger charge is -2.23. The van der Waals surface area contributed by atoms with Crippen molar-refractivity contribution in [3.8, 4) is 0 Å². The van der Waals surface area contributed by atoms with E-state index in [4.69, 9.17) is 5.11 Å². The lowest BCUT2D eigenvalue weighted by Crippen LogP contribution is -2.35. The number of rotatable bonds is 7. The normalized spacial score (nSPS) is 18.5. The maximum absolute atomic E-state index is 12.5. The number of aliphatic hydroxyl groups excluding tert-OH is 1. The van der Waals surface area contributed by atoms with Gasteiger partial charge >= 0.3 is 0 Å². The van der Waals surface area contributed by atoms with Gasteiger partial charge in [-0.2, -0.15) is 0 Å². The summed E-state index contributed by atoms with van der Waals surface area (Å²) in [4.78, 5) is 14.3. The highest BCUT2D eigenvalue weighted by Gasteiger charge is 2.30. The fourth-order valence-corrected chi connectivity index (χ4v) is 3.19. The van der Waals surface area contributed by atoms with Gasteiger partial charge in [-0.3, -0.25) is 4.79 Å². The zero-order valence-electron chi connectivity index (χ0n) is 11.8. The first-order chi connectivity index (χ1) is 9.76. The largest absolute Gasteiger partial charge is 0.396 e. The van der Waals surface area contributed by atoms with Crippen molar-refractivity contribution >= 4 is 22.4 Å². The van der Waals surface area contributed by atoms with Crippen LogP contribution in [0.15, 0.2) is 0 Å². The number of amides is 1. The zero-order chi connectivity index (χ0) is 14.4. The van der Waals surface area contributed by atoms with Gasteiger partial charge in [-0.1, -0.05) is 18.3 Å². The van der Waals surface area contributed by atoms with Crippen LogP contribution in [0.4, 0.5) is 5.13 Å². The molecule has 1 unspecified atom stereocenters. The highest BCUT2D eigenvalue weighted by molar-refractivity contribution is 7.17. The first-order valence-corrected chi connectivity index (χ1v) is 8.07. The molecule has 2 N–H and O–H groups in total. The average molecular weight is 298 g/mol. The molecule has 0 aliphatic carbocycles. The Morgan fingerprint density at radius 2 is 2.40 bits per heavy atom. The molecule has 1 saturated heterocycles. The number of nitrogens with one attached hydrogen (secondary N) is 1. The van der Waals surface area contributed by atoms with Crippen LogP contribution in [0.5, 0.6) is 0 Å². The van der Waals surface area contributed by atoms with Crippen molar-refractivity contribution in [3.63, 3.8) is 0 Å². The van der Waals surface area contributed by atoms with E-state index in [1.807, 2.05) is 4.90 Å². The second-order valence-corrected chi connectivity index (χ2v) is 5.98. The Bertz CT molecular complexity index is 438. The molecule has 7 heteroatoms. The Kier molecular flexibility index (Phi) is 5.72.